The predicted octanol–water partition coefficient (Wildman–Crippen LogP) is 3.96. The van der Waals surface area contributed by atoms with E-state index >= 15 is 0 Å². The van der Waals surface area contributed by atoms with Crippen molar-refractivity contribution < 1.29 is 14.0 Å². The largest absolute Gasteiger partial charge is 0.436 e. The molecule has 0 radical (unpaired) electrons. The lowest BCUT2D eigenvalue weighted by Crippen LogP contribution is -2.50. The summed E-state index contributed by atoms with van der Waals surface area (Å²) in [6, 6.07) is 18.8. The van der Waals surface area contributed by atoms with Crippen LogP contribution in [0.1, 0.15) is 54.7 Å². The highest BCUT2D eigenvalue weighted by Gasteiger charge is 2.32. The highest BCUT2D eigenvalue weighted by molar-refractivity contribution is 5.94. The number of aromatic nitrogens is 6. The van der Waals surface area contributed by atoms with Gasteiger partial charge >= 0.3 is 0 Å². The van der Waals surface area contributed by atoms with E-state index < -0.39 is 0 Å². The smallest absolute Gasteiger partial charge is 0.272 e. The first kappa shape index (κ1) is 27.2. The Labute approximate surface area is 242 Å². The normalized spacial score (nSPS) is 14.8. The Bertz CT molecular complexity index is 1720. The van der Waals surface area contributed by atoms with Crippen molar-refractivity contribution >= 4 is 28.6 Å². The zero-order valence-electron chi connectivity index (χ0n) is 23.6. The van der Waals surface area contributed by atoms with E-state index in [1.54, 1.807) is 41.3 Å². The minimum atomic E-state index is -0.164. The first-order chi connectivity index (χ1) is 20.4. The molecular formula is C30H31N9O3. The predicted molar refractivity (Wildman–Crippen MR) is 156 cm³/mol. The number of hydrogen-bond donors (Lipinski definition) is 1. The summed E-state index contributed by atoms with van der Waals surface area (Å²) in [4.78, 5) is 39.6. The molecule has 3 aromatic heterocycles. The van der Waals surface area contributed by atoms with Gasteiger partial charge in [-0.3, -0.25) is 19.5 Å². The fraction of sp³-hybridized carbons (Fsp3) is 0.300. The SMILES string of the molecule is CC(=O)Nc1ccc2oc(-c3ccnc(C(=O)N4CCN([C@H](c5ccccc5)c5nnn(C(C)C)n5)CC4)c3)nc2c1. The van der Waals surface area contributed by atoms with Crippen molar-refractivity contribution in [2.24, 2.45) is 0 Å². The second-order valence-corrected chi connectivity index (χ2v) is 10.5. The number of anilines is 1. The van der Waals surface area contributed by atoms with E-state index in [0.29, 0.717) is 65.9 Å². The van der Waals surface area contributed by atoms with Crippen LogP contribution in [0.2, 0.25) is 0 Å². The summed E-state index contributed by atoms with van der Waals surface area (Å²) < 4.78 is 5.93. The summed E-state index contributed by atoms with van der Waals surface area (Å²) in [5.41, 5.74) is 3.87. The first-order valence-electron chi connectivity index (χ1n) is 13.9. The molecule has 12 heteroatoms. The summed E-state index contributed by atoms with van der Waals surface area (Å²) in [7, 11) is 0. The minimum Gasteiger partial charge on any atom is -0.436 e. The van der Waals surface area contributed by atoms with Gasteiger partial charge in [0.1, 0.15) is 11.2 Å². The van der Waals surface area contributed by atoms with Gasteiger partial charge in [-0.2, -0.15) is 4.80 Å². The third-order valence-electron chi connectivity index (χ3n) is 7.17. The van der Waals surface area contributed by atoms with Crippen LogP contribution in [-0.2, 0) is 4.79 Å². The number of fused-ring (bicyclic) bond motifs is 1. The number of carbonyl (C=O) groups excluding carboxylic acids is 2. The third kappa shape index (κ3) is 5.61. The van der Waals surface area contributed by atoms with Crippen molar-refractivity contribution in [1.82, 2.24) is 40.0 Å². The highest BCUT2D eigenvalue weighted by Crippen LogP contribution is 2.29. The zero-order valence-corrected chi connectivity index (χ0v) is 23.6. The van der Waals surface area contributed by atoms with Gasteiger partial charge in [-0.05, 0) is 55.0 Å². The first-order valence-corrected chi connectivity index (χ1v) is 13.9. The maximum Gasteiger partial charge on any atom is 0.272 e. The number of rotatable bonds is 7. The molecule has 42 heavy (non-hydrogen) atoms. The van der Waals surface area contributed by atoms with Gasteiger partial charge in [0.25, 0.3) is 5.91 Å². The molecule has 0 aliphatic carbocycles. The number of amides is 2. The Kier molecular flexibility index (Phi) is 7.44. The molecule has 6 rings (SSSR count). The Morgan fingerprint density at radius 3 is 2.48 bits per heavy atom. The number of piperazine rings is 1. The average Bonchev–Trinajstić information content (AvgIpc) is 3.66. The maximum atomic E-state index is 13.5. The maximum absolute atomic E-state index is 13.5. The lowest BCUT2D eigenvalue weighted by molar-refractivity contribution is -0.114. The van der Waals surface area contributed by atoms with Gasteiger partial charge in [0.05, 0.1) is 12.1 Å². The van der Waals surface area contributed by atoms with E-state index in [4.69, 9.17) is 4.42 Å². The van der Waals surface area contributed by atoms with E-state index in [9.17, 15) is 9.59 Å². The average molecular weight is 566 g/mol. The summed E-state index contributed by atoms with van der Waals surface area (Å²) in [5.74, 6) is 0.702. The van der Waals surface area contributed by atoms with Gasteiger partial charge in [-0.15, -0.1) is 10.2 Å². The van der Waals surface area contributed by atoms with Crippen LogP contribution in [0.4, 0.5) is 5.69 Å². The third-order valence-corrected chi connectivity index (χ3v) is 7.17. The Hall–Kier alpha value is -4.97. The van der Waals surface area contributed by atoms with Gasteiger partial charge in [-0.1, -0.05) is 30.3 Å². The number of hydrogen-bond acceptors (Lipinski definition) is 9. The van der Waals surface area contributed by atoms with Gasteiger partial charge < -0.3 is 14.6 Å². The molecule has 1 atom stereocenters. The molecule has 0 saturated carbocycles. The number of nitrogens with one attached hydrogen (secondary N) is 1. The van der Waals surface area contributed by atoms with Crippen LogP contribution in [0.3, 0.4) is 0 Å². The second kappa shape index (κ2) is 11.5. The van der Waals surface area contributed by atoms with E-state index in [0.717, 1.165) is 5.56 Å². The molecular weight excluding hydrogens is 534 g/mol. The van der Waals surface area contributed by atoms with E-state index in [2.05, 4.69) is 47.7 Å². The topological polar surface area (TPSA) is 135 Å². The molecule has 1 N–H and O–H groups in total. The molecule has 0 bridgehead atoms. The number of benzene rings is 2. The van der Waals surface area contributed by atoms with Gasteiger partial charge in [0.15, 0.2) is 11.4 Å². The molecule has 1 saturated heterocycles. The monoisotopic (exact) mass is 565 g/mol. The minimum absolute atomic E-state index is 0.108. The highest BCUT2D eigenvalue weighted by atomic mass is 16.3. The van der Waals surface area contributed by atoms with Gasteiger partial charge in [-0.25, -0.2) is 4.98 Å². The summed E-state index contributed by atoms with van der Waals surface area (Å²) in [6.07, 6.45) is 1.59. The number of nitrogens with zero attached hydrogens (tertiary/aromatic N) is 8. The Balaban J connectivity index is 1.18. The fourth-order valence-corrected chi connectivity index (χ4v) is 5.08. The van der Waals surface area contributed by atoms with Crippen molar-refractivity contribution in [3.8, 4) is 11.5 Å². The van der Waals surface area contributed by atoms with Crippen molar-refractivity contribution in [1.29, 1.82) is 0 Å². The Morgan fingerprint density at radius 2 is 1.76 bits per heavy atom. The molecule has 1 aliphatic heterocycles. The lowest BCUT2D eigenvalue weighted by atomic mass is 10.0. The van der Waals surface area contributed by atoms with Crippen LogP contribution in [0, 0.1) is 0 Å². The number of carbonyl (C=O) groups is 2. The molecule has 12 nitrogen and oxygen atoms in total. The Morgan fingerprint density at radius 1 is 0.976 bits per heavy atom. The van der Waals surface area contributed by atoms with Crippen molar-refractivity contribution in [2.45, 2.75) is 32.9 Å². The van der Waals surface area contributed by atoms with Crippen LogP contribution in [0.5, 0.6) is 0 Å². The van der Waals surface area contributed by atoms with Crippen LogP contribution in [-0.4, -0.2) is 78.0 Å². The van der Waals surface area contributed by atoms with Gasteiger partial charge in [0, 0.05) is 50.6 Å². The zero-order chi connectivity index (χ0) is 29.2. The van der Waals surface area contributed by atoms with Crippen LogP contribution < -0.4 is 5.32 Å². The molecule has 5 aromatic rings. The van der Waals surface area contributed by atoms with E-state index in [-0.39, 0.29) is 23.9 Å². The number of oxazole rings is 1. The van der Waals surface area contributed by atoms with Crippen molar-refractivity contribution in [3.63, 3.8) is 0 Å². The van der Waals surface area contributed by atoms with E-state index in [1.165, 1.54) is 6.92 Å². The second-order valence-electron chi connectivity index (χ2n) is 10.5. The quantitative estimate of drug-likeness (QED) is 0.311. The van der Waals surface area contributed by atoms with Crippen molar-refractivity contribution in [2.75, 3.05) is 31.5 Å². The van der Waals surface area contributed by atoms with Crippen LogP contribution >= 0.6 is 0 Å². The number of tetrazole rings is 1. The molecule has 0 spiro atoms. The standard InChI is InChI=1S/C30H31N9O3/c1-19(2)39-35-28(34-36-39)27(21-7-5-4-6-8-21)37-13-15-38(16-14-37)30(41)25-17-22(11-12-31-25)29-33-24-18-23(32-20(3)40)9-10-26(24)42-29/h4-12,17-19,27H,13-16H2,1-3H3,(H,32,40)/t27-/m1/s1. The van der Waals surface area contributed by atoms with E-state index in [1.807, 2.05) is 36.9 Å². The lowest BCUT2D eigenvalue weighted by Gasteiger charge is -2.38. The molecule has 214 valence electrons. The summed E-state index contributed by atoms with van der Waals surface area (Å²) >= 11 is 0. The summed E-state index contributed by atoms with van der Waals surface area (Å²) in [6.45, 7) is 7.83. The number of pyridine rings is 1. The molecule has 0 unspecified atom stereocenters. The summed E-state index contributed by atoms with van der Waals surface area (Å²) in [5, 5.41) is 16.0. The molecule has 1 aliphatic rings. The molecule has 2 amide bonds. The molecule has 2 aromatic carbocycles. The molecule has 1 fully saturated rings. The van der Waals surface area contributed by atoms with Crippen LogP contribution in [0.15, 0.2) is 71.3 Å². The molecule has 4 heterocycles. The van der Waals surface area contributed by atoms with Gasteiger partial charge in [0.2, 0.25) is 11.8 Å². The van der Waals surface area contributed by atoms with Crippen LogP contribution in [0.25, 0.3) is 22.6 Å². The van der Waals surface area contributed by atoms with Crippen molar-refractivity contribution in [3.05, 3.63) is 83.9 Å². The fourth-order valence-electron chi connectivity index (χ4n) is 5.08.